The number of benzene rings is 1. The van der Waals surface area contributed by atoms with Gasteiger partial charge in [-0.1, -0.05) is 22.9 Å². The average Bonchev–Trinajstić information content (AvgIpc) is 2.74. The molecule has 0 aliphatic heterocycles. The van der Waals surface area contributed by atoms with Gasteiger partial charge in [-0.2, -0.15) is 13.2 Å². The van der Waals surface area contributed by atoms with Gasteiger partial charge in [-0.3, -0.25) is 4.79 Å². The average molecular weight is 364 g/mol. The summed E-state index contributed by atoms with van der Waals surface area (Å²) in [6, 6.07) is 2.95. The first-order valence-electron chi connectivity index (χ1n) is 6.02. The monoisotopic (exact) mass is 363 g/mol. The van der Waals surface area contributed by atoms with E-state index in [2.05, 4.69) is 4.98 Å². The molecular weight excluding hydrogens is 358 g/mol. The second-order valence-corrected chi connectivity index (χ2v) is 5.97. The highest BCUT2D eigenvalue weighted by molar-refractivity contribution is 7.16. The van der Waals surface area contributed by atoms with Crippen molar-refractivity contribution in [2.24, 2.45) is 0 Å². The number of pyridine rings is 1. The Kier molecular flexibility index (Phi) is 3.56. The fraction of sp³-hybridized carbons (Fsp3) is 0.0769. The van der Waals surface area contributed by atoms with Crippen molar-refractivity contribution < 1.29 is 17.6 Å². The first kappa shape index (κ1) is 15.8. The van der Waals surface area contributed by atoms with E-state index in [9.17, 15) is 22.4 Å². The van der Waals surface area contributed by atoms with E-state index in [-0.39, 0.29) is 26.7 Å². The molecule has 23 heavy (non-hydrogen) atoms. The van der Waals surface area contributed by atoms with Crippen LogP contribution in [0.1, 0.15) is 5.56 Å². The molecular formula is C13H6ClF4N3OS. The van der Waals surface area contributed by atoms with Crippen LogP contribution in [0.3, 0.4) is 0 Å². The first-order chi connectivity index (χ1) is 10.7. The van der Waals surface area contributed by atoms with Gasteiger partial charge in [-0.05, 0) is 18.2 Å². The summed E-state index contributed by atoms with van der Waals surface area (Å²) >= 11 is 6.55. The number of halogens is 5. The number of thiazole rings is 1. The third-order valence-electron chi connectivity index (χ3n) is 3.06. The van der Waals surface area contributed by atoms with Crippen molar-refractivity contribution in [2.75, 3.05) is 5.73 Å². The quantitative estimate of drug-likeness (QED) is 0.528. The molecule has 0 saturated carbocycles. The topological polar surface area (TPSA) is 60.9 Å². The van der Waals surface area contributed by atoms with Crippen LogP contribution in [0.25, 0.3) is 16.0 Å². The van der Waals surface area contributed by atoms with Gasteiger partial charge in [0, 0.05) is 6.20 Å². The lowest BCUT2D eigenvalue weighted by Crippen LogP contribution is -2.14. The van der Waals surface area contributed by atoms with E-state index >= 15 is 0 Å². The molecule has 0 saturated heterocycles. The molecule has 120 valence electrons. The van der Waals surface area contributed by atoms with Crippen LogP contribution in [-0.4, -0.2) is 9.55 Å². The number of alkyl halides is 3. The predicted octanol–water partition coefficient (Wildman–Crippen LogP) is 3.84. The summed E-state index contributed by atoms with van der Waals surface area (Å²) in [6.07, 6.45) is -4.03. The van der Waals surface area contributed by atoms with Gasteiger partial charge < -0.3 is 5.73 Å². The minimum Gasteiger partial charge on any atom is -0.396 e. The van der Waals surface area contributed by atoms with Crippen LogP contribution in [0.4, 0.5) is 23.2 Å². The van der Waals surface area contributed by atoms with Crippen molar-refractivity contribution in [1.29, 1.82) is 0 Å². The van der Waals surface area contributed by atoms with Crippen molar-refractivity contribution in [3.8, 4) is 5.82 Å². The molecule has 2 N–H and O–H groups in total. The van der Waals surface area contributed by atoms with Crippen LogP contribution in [0.5, 0.6) is 0 Å². The Labute approximate surface area is 134 Å². The van der Waals surface area contributed by atoms with E-state index in [1.54, 1.807) is 0 Å². The molecule has 0 spiro atoms. The highest BCUT2D eigenvalue weighted by Gasteiger charge is 2.32. The molecule has 10 heteroatoms. The summed E-state index contributed by atoms with van der Waals surface area (Å²) in [5, 5.41) is -0.357. The van der Waals surface area contributed by atoms with Crippen LogP contribution in [0.15, 0.2) is 29.2 Å². The van der Waals surface area contributed by atoms with E-state index in [4.69, 9.17) is 17.3 Å². The van der Waals surface area contributed by atoms with E-state index in [0.29, 0.717) is 23.6 Å². The molecule has 0 atom stereocenters. The lowest BCUT2D eigenvalue weighted by Gasteiger charge is -2.10. The predicted molar refractivity (Wildman–Crippen MR) is 79.6 cm³/mol. The van der Waals surface area contributed by atoms with Crippen molar-refractivity contribution in [3.05, 3.63) is 50.5 Å². The van der Waals surface area contributed by atoms with Crippen molar-refractivity contribution in [1.82, 2.24) is 9.55 Å². The van der Waals surface area contributed by atoms with Gasteiger partial charge in [-0.25, -0.2) is 13.9 Å². The van der Waals surface area contributed by atoms with Crippen LogP contribution < -0.4 is 10.6 Å². The van der Waals surface area contributed by atoms with Gasteiger partial charge in [0.05, 0.1) is 26.5 Å². The van der Waals surface area contributed by atoms with Gasteiger partial charge >= 0.3 is 11.0 Å². The third-order valence-corrected chi connectivity index (χ3v) is 4.24. The number of hydrogen-bond donors (Lipinski definition) is 1. The number of rotatable bonds is 1. The molecule has 0 bridgehead atoms. The minimum absolute atomic E-state index is 0.179. The molecule has 4 nitrogen and oxygen atoms in total. The number of anilines is 1. The Bertz CT molecular complexity index is 980. The third kappa shape index (κ3) is 2.66. The van der Waals surface area contributed by atoms with Crippen molar-refractivity contribution >= 4 is 38.8 Å². The maximum absolute atomic E-state index is 13.5. The summed E-state index contributed by atoms with van der Waals surface area (Å²) in [6.45, 7) is 0. The van der Waals surface area contributed by atoms with Gasteiger partial charge in [0.2, 0.25) is 0 Å². The Morgan fingerprint density at radius 1 is 1.26 bits per heavy atom. The number of fused-ring (bicyclic) bond motifs is 1. The Hall–Kier alpha value is -2.13. The molecule has 3 rings (SSSR count). The highest BCUT2D eigenvalue weighted by atomic mass is 35.5. The number of hydrogen-bond acceptors (Lipinski definition) is 4. The first-order valence-corrected chi connectivity index (χ1v) is 7.21. The Balaban J connectivity index is 2.27. The maximum Gasteiger partial charge on any atom is 0.417 e. The summed E-state index contributed by atoms with van der Waals surface area (Å²) in [5.41, 5.74) is 4.45. The second-order valence-electron chi connectivity index (χ2n) is 4.57. The van der Waals surface area contributed by atoms with Crippen LogP contribution in [-0.2, 0) is 6.18 Å². The van der Waals surface area contributed by atoms with Gasteiger partial charge in [-0.15, -0.1) is 0 Å². The van der Waals surface area contributed by atoms with E-state index < -0.39 is 22.4 Å². The molecule has 2 aromatic heterocycles. The Morgan fingerprint density at radius 2 is 1.96 bits per heavy atom. The molecule has 3 aromatic rings. The van der Waals surface area contributed by atoms with Gasteiger partial charge in [0.25, 0.3) is 0 Å². The molecule has 0 aliphatic rings. The molecule has 0 fully saturated rings. The number of nitrogens with zero attached hydrogens (tertiary/aromatic N) is 2. The molecule has 0 radical (unpaired) electrons. The number of nitrogens with two attached hydrogens (primary N) is 1. The number of nitrogen functional groups attached to an aromatic ring is 1. The second kappa shape index (κ2) is 5.20. The summed E-state index contributed by atoms with van der Waals surface area (Å²) in [4.78, 5) is 15.2. The Morgan fingerprint density at radius 3 is 2.57 bits per heavy atom. The zero-order valence-corrected chi connectivity index (χ0v) is 12.6. The molecule has 0 unspecified atom stereocenters. The zero-order chi connectivity index (χ0) is 16.9. The summed E-state index contributed by atoms with van der Waals surface area (Å²) in [7, 11) is 0. The van der Waals surface area contributed by atoms with E-state index in [0.717, 1.165) is 10.6 Å². The lowest BCUT2D eigenvalue weighted by atomic mass is 10.2. The van der Waals surface area contributed by atoms with Crippen LogP contribution in [0, 0.1) is 5.82 Å². The molecule has 2 heterocycles. The molecule has 0 amide bonds. The standard InChI is InChI=1S/C13H6ClF4N3OS/c14-6-1-5(13(16,17)18)4-20-11(6)21-9-3-8(19)7(15)2-10(9)23-12(21)22/h1-4H,19H2. The van der Waals surface area contributed by atoms with E-state index in [1.165, 1.54) is 6.07 Å². The van der Waals surface area contributed by atoms with Gasteiger partial charge in [0.1, 0.15) is 5.82 Å². The summed E-state index contributed by atoms with van der Waals surface area (Å²) < 4.78 is 52.7. The maximum atomic E-state index is 13.5. The number of aromatic nitrogens is 2. The highest BCUT2D eigenvalue weighted by Crippen LogP contribution is 2.33. The van der Waals surface area contributed by atoms with Crippen LogP contribution in [0.2, 0.25) is 5.02 Å². The summed E-state index contributed by atoms with van der Waals surface area (Å²) in [5.74, 6) is -0.876. The fourth-order valence-corrected chi connectivity index (χ4v) is 3.14. The smallest absolute Gasteiger partial charge is 0.396 e. The zero-order valence-electron chi connectivity index (χ0n) is 11.0. The SMILES string of the molecule is Nc1cc2c(cc1F)sc(=O)n2-c1ncc(C(F)(F)F)cc1Cl. The largest absolute Gasteiger partial charge is 0.417 e. The molecule has 1 aromatic carbocycles. The minimum atomic E-state index is -4.61. The van der Waals surface area contributed by atoms with Crippen molar-refractivity contribution in [2.45, 2.75) is 6.18 Å². The normalized spacial score (nSPS) is 12.0. The van der Waals surface area contributed by atoms with Gasteiger partial charge in [0.15, 0.2) is 5.82 Å². The van der Waals surface area contributed by atoms with E-state index in [1.807, 2.05) is 0 Å². The van der Waals surface area contributed by atoms with Crippen molar-refractivity contribution in [3.63, 3.8) is 0 Å². The molecule has 0 aliphatic carbocycles. The van der Waals surface area contributed by atoms with Crippen LogP contribution >= 0.6 is 22.9 Å². The fourth-order valence-electron chi connectivity index (χ4n) is 2.01. The lowest BCUT2D eigenvalue weighted by molar-refractivity contribution is -0.137.